The molecule has 0 fully saturated rings. The van der Waals surface area contributed by atoms with Crippen LogP contribution in [0.2, 0.25) is 0 Å². The molecule has 0 amide bonds. The van der Waals surface area contributed by atoms with Crippen molar-refractivity contribution in [2.45, 2.75) is 19.9 Å². The predicted molar refractivity (Wildman–Crippen MR) is 69.3 cm³/mol. The molecule has 0 aliphatic heterocycles. The van der Waals surface area contributed by atoms with Crippen molar-refractivity contribution in [2.24, 2.45) is 0 Å². The first-order chi connectivity index (χ1) is 7.56. The third-order valence-corrected chi connectivity index (χ3v) is 3.15. The lowest BCUT2D eigenvalue weighted by molar-refractivity contribution is -0.385. The normalized spacial score (nSPS) is 12.2. The molecular formula is C11H16N2O2S. The van der Waals surface area contributed by atoms with Crippen molar-refractivity contribution >= 4 is 23.1 Å². The molecule has 0 heterocycles. The minimum atomic E-state index is -0.347. The van der Waals surface area contributed by atoms with Crippen LogP contribution in [0.3, 0.4) is 0 Å². The zero-order valence-corrected chi connectivity index (χ0v) is 10.5. The van der Waals surface area contributed by atoms with Gasteiger partial charge in [0.1, 0.15) is 0 Å². The second-order valence-corrected chi connectivity index (χ2v) is 4.62. The molecule has 88 valence electrons. The third-order valence-electron chi connectivity index (χ3n) is 2.32. The predicted octanol–water partition coefficient (Wildman–Crippen LogP) is 3.07. The van der Waals surface area contributed by atoms with Crippen LogP contribution in [0.15, 0.2) is 18.2 Å². The lowest BCUT2D eigenvalue weighted by atomic mass is 10.1. The SMILES string of the molecule is CSCC(C)Nc1cccc([N+](=O)[O-])c1C. The van der Waals surface area contributed by atoms with Crippen LogP contribution < -0.4 is 5.32 Å². The van der Waals surface area contributed by atoms with Gasteiger partial charge in [-0.3, -0.25) is 10.1 Å². The van der Waals surface area contributed by atoms with Gasteiger partial charge in [-0.1, -0.05) is 6.07 Å². The Morgan fingerprint density at radius 1 is 1.56 bits per heavy atom. The van der Waals surface area contributed by atoms with Gasteiger partial charge in [0.2, 0.25) is 0 Å². The van der Waals surface area contributed by atoms with Gasteiger partial charge < -0.3 is 5.32 Å². The van der Waals surface area contributed by atoms with Gasteiger partial charge in [0, 0.05) is 29.1 Å². The minimum Gasteiger partial charge on any atom is -0.381 e. The fraction of sp³-hybridized carbons (Fsp3) is 0.455. The lowest BCUT2D eigenvalue weighted by Crippen LogP contribution is -2.18. The highest BCUT2D eigenvalue weighted by Crippen LogP contribution is 2.25. The van der Waals surface area contributed by atoms with Crippen LogP contribution >= 0.6 is 11.8 Å². The Morgan fingerprint density at radius 3 is 2.81 bits per heavy atom. The van der Waals surface area contributed by atoms with Gasteiger partial charge >= 0.3 is 0 Å². The number of nitrogens with zero attached hydrogens (tertiary/aromatic N) is 1. The Hall–Kier alpha value is -1.23. The number of nitrogens with one attached hydrogen (secondary N) is 1. The van der Waals surface area contributed by atoms with Crippen molar-refractivity contribution < 1.29 is 4.92 Å². The molecule has 1 aromatic rings. The van der Waals surface area contributed by atoms with Gasteiger partial charge in [0.15, 0.2) is 0 Å². The number of nitro groups is 1. The van der Waals surface area contributed by atoms with E-state index in [2.05, 4.69) is 12.2 Å². The Labute approximate surface area is 99.6 Å². The van der Waals surface area contributed by atoms with E-state index in [9.17, 15) is 10.1 Å². The lowest BCUT2D eigenvalue weighted by Gasteiger charge is -2.15. The Bertz CT molecular complexity index is 382. The zero-order valence-electron chi connectivity index (χ0n) is 9.69. The molecule has 0 aliphatic carbocycles. The van der Waals surface area contributed by atoms with Crippen LogP contribution in [0.1, 0.15) is 12.5 Å². The maximum absolute atomic E-state index is 10.8. The molecule has 0 bridgehead atoms. The number of hydrogen-bond donors (Lipinski definition) is 1. The van der Waals surface area contributed by atoms with Crippen LogP contribution in [0.25, 0.3) is 0 Å². The molecular weight excluding hydrogens is 224 g/mol. The summed E-state index contributed by atoms with van der Waals surface area (Å²) in [5, 5.41) is 14.0. The molecule has 0 radical (unpaired) electrons. The van der Waals surface area contributed by atoms with E-state index >= 15 is 0 Å². The molecule has 1 rings (SSSR count). The number of thioether (sulfide) groups is 1. The van der Waals surface area contributed by atoms with Crippen molar-refractivity contribution in [1.29, 1.82) is 0 Å². The van der Waals surface area contributed by atoms with E-state index in [-0.39, 0.29) is 10.6 Å². The molecule has 0 aliphatic rings. The summed E-state index contributed by atoms with van der Waals surface area (Å²) >= 11 is 1.75. The van der Waals surface area contributed by atoms with Gasteiger partial charge in [-0.05, 0) is 26.2 Å². The van der Waals surface area contributed by atoms with E-state index < -0.39 is 0 Å². The summed E-state index contributed by atoms with van der Waals surface area (Å²) in [5.74, 6) is 0.974. The Balaban J connectivity index is 2.89. The van der Waals surface area contributed by atoms with E-state index in [0.29, 0.717) is 11.6 Å². The quantitative estimate of drug-likeness (QED) is 0.634. The number of hydrogen-bond acceptors (Lipinski definition) is 4. The van der Waals surface area contributed by atoms with Crippen LogP contribution in [0.4, 0.5) is 11.4 Å². The summed E-state index contributed by atoms with van der Waals surface area (Å²) < 4.78 is 0. The molecule has 1 N–H and O–H groups in total. The number of rotatable bonds is 5. The first-order valence-corrected chi connectivity index (χ1v) is 6.45. The summed E-state index contributed by atoms with van der Waals surface area (Å²) in [6, 6.07) is 5.41. The molecule has 0 spiro atoms. The molecule has 5 heteroatoms. The summed E-state index contributed by atoms with van der Waals surface area (Å²) in [4.78, 5) is 10.4. The van der Waals surface area contributed by atoms with Crippen LogP contribution in [0, 0.1) is 17.0 Å². The summed E-state index contributed by atoms with van der Waals surface area (Å²) in [6.45, 7) is 3.83. The van der Waals surface area contributed by atoms with E-state index in [1.54, 1.807) is 24.8 Å². The minimum absolute atomic E-state index is 0.168. The summed E-state index contributed by atoms with van der Waals surface area (Å²) in [7, 11) is 0. The molecule has 4 nitrogen and oxygen atoms in total. The molecule has 0 aromatic heterocycles. The van der Waals surface area contributed by atoms with Crippen LogP contribution in [-0.2, 0) is 0 Å². The average molecular weight is 240 g/mol. The molecule has 0 saturated carbocycles. The van der Waals surface area contributed by atoms with Crippen molar-refractivity contribution in [3.63, 3.8) is 0 Å². The average Bonchev–Trinajstić information content (AvgIpc) is 2.21. The molecule has 16 heavy (non-hydrogen) atoms. The molecule has 1 aromatic carbocycles. The molecule has 1 atom stereocenters. The fourth-order valence-corrected chi connectivity index (χ4v) is 2.12. The largest absolute Gasteiger partial charge is 0.381 e. The maximum Gasteiger partial charge on any atom is 0.274 e. The smallest absolute Gasteiger partial charge is 0.274 e. The van der Waals surface area contributed by atoms with Gasteiger partial charge in [-0.2, -0.15) is 11.8 Å². The second-order valence-electron chi connectivity index (χ2n) is 3.71. The van der Waals surface area contributed by atoms with Crippen molar-refractivity contribution in [3.8, 4) is 0 Å². The topological polar surface area (TPSA) is 55.2 Å². The number of nitro benzene ring substituents is 1. The van der Waals surface area contributed by atoms with E-state index in [1.807, 2.05) is 12.3 Å². The highest BCUT2D eigenvalue weighted by atomic mass is 32.2. The first kappa shape index (κ1) is 12.8. The number of benzene rings is 1. The van der Waals surface area contributed by atoms with Gasteiger partial charge in [0.25, 0.3) is 5.69 Å². The molecule has 0 saturated heterocycles. The summed E-state index contributed by atoms with van der Waals surface area (Å²) in [6.07, 6.45) is 2.04. The highest BCUT2D eigenvalue weighted by molar-refractivity contribution is 7.98. The Morgan fingerprint density at radius 2 is 2.25 bits per heavy atom. The monoisotopic (exact) mass is 240 g/mol. The van der Waals surface area contributed by atoms with Gasteiger partial charge in [0.05, 0.1) is 4.92 Å². The fourth-order valence-electron chi connectivity index (χ4n) is 1.53. The third kappa shape index (κ3) is 3.13. The van der Waals surface area contributed by atoms with Crippen molar-refractivity contribution in [3.05, 3.63) is 33.9 Å². The number of anilines is 1. The summed E-state index contributed by atoms with van der Waals surface area (Å²) in [5.41, 5.74) is 1.71. The maximum atomic E-state index is 10.8. The Kier molecular flexibility index (Phi) is 4.61. The van der Waals surface area contributed by atoms with E-state index in [1.165, 1.54) is 6.07 Å². The first-order valence-electron chi connectivity index (χ1n) is 5.05. The highest BCUT2D eigenvalue weighted by Gasteiger charge is 2.13. The van der Waals surface area contributed by atoms with E-state index in [4.69, 9.17) is 0 Å². The second kappa shape index (κ2) is 5.75. The van der Waals surface area contributed by atoms with Crippen molar-refractivity contribution in [2.75, 3.05) is 17.3 Å². The van der Waals surface area contributed by atoms with Gasteiger partial charge in [-0.15, -0.1) is 0 Å². The zero-order chi connectivity index (χ0) is 12.1. The standard InChI is InChI=1S/C11H16N2O2S/c1-8(7-16-3)12-10-5-4-6-11(9(10)2)13(14)15/h4-6,8,12H,7H2,1-3H3. The van der Waals surface area contributed by atoms with Crippen LogP contribution in [-0.4, -0.2) is 23.0 Å². The van der Waals surface area contributed by atoms with Crippen molar-refractivity contribution in [1.82, 2.24) is 0 Å². The molecule has 1 unspecified atom stereocenters. The van der Waals surface area contributed by atoms with Gasteiger partial charge in [-0.25, -0.2) is 0 Å². The van der Waals surface area contributed by atoms with Crippen LogP contribution in [0.5, 0.6) is 0 Å². The van der Waals surface area contributed by atoms with E-state index in [0.717, 1.165) is 11.4 Å².